The highest BCUT2D eigenvalue weighted by Crippen LogP contribution is 2.38. The number of hydrogen-bond donors (Lipinski definition) is 2. The van der Waals surface area contributed by atoms with E-state index in [2.05, 4.69) is 17.1 Å². The molecule has 3 rings (SSSR count). The van der Waals surface area contributed by atoms with Crippen molar-refractivity contribution in [2.24, 2.45) is 5.92 Å². The van der Waals surface area contributed by atoms with Crippen LogP contribution in [0.15, 0.2) is 18.2 Å². The van der Waals surface area contributed by atoms with Crippen molar-refractivity contribution in [3.05, 3.63) is 23.8 Å². The van der Waals surface area contributed by atoms with Gasteiger partial charge in [0, 0.05) is 18.2 Å². The third-order valence-electron chi connectivity index (χ3n) is 4.60. The predicted molar refractivity (Wildman–Crippen MR) is 83.8 cm³/mol. The number of phenolic OH excluding ortho intramolecular Hbond substituents is 1. The number of rotatable bonds is 5. The molecule has 0 aromatic heterocycles. The fourth-order valence-corrected chi connectivity index (χ4v) is 3.56. The molecule has 2 aliphatic rings. The normalized spacial score (nSPS) is 24.9. The molecule has 4 heteroatoms. The molecule has 0 radical (unpaired) electrons. The summed E-state index contributed by atoms with van der Waals surface area (Å²) in [5, 5.41) is 13.1. The van der Waals surface area contributed by atoms with Gasteiger partial charge in [-0.2, -0.15) is 0 Å². The maximum absolute atomic E-state index is 9.58. The molecule has 116 valence electrons. The molecule has 0 amide bonds. The van der Waals surface area contributed by atoms with Gasteiger partial charge in [-0.3, -0.25) is 4.90 Å². The van der Waals surface area contributed by atoms with E-state index >= 15 is 0 Å². The van der Waals surface area contributed by atoms with Crippen LogP contribution >= 0.6 is 0 Å². The molecule has 2 N–H and O–H groups in total. The van der Waals surface area contributed by atoms with Gasteiger partial charge < -0.3 is 15.2 Å². The number of fused-ring (bicyclic) bond motifs is 1. The van der Waals surface area contributed by atoms with Crippen LogP contribution in [0.2, 0.25) is 0 Å². The van der Waals surface area contributed by atoms with E-state index in [1.165, 1.54) is 24.9 Å². The van der Waals surface area contributed by atoms with E-state index < -0.39 is 0 Å². The van der Waals surface area contributed by atoms with Crippen molar-refractivity contribution < 1.29 is 9.84 Å². The second-order valence-corrected chi connectivity index (χ2v) is 6.26. The van der Waals surface area contributed by atoms with Crippen LogP contribution < -0.4 is 10.1 Å². The largest absolute Gasteiger partial charge is 0.508 e. The van der Waals surface area contributed by atoms with Crippen LogP contribution in [0.4, 0.5) is 0 Å². The molecule has 0 aliphatic carbocycles. The van der Waals surface area contributed by atoms with E-state index in [9.17, 15) is 5.11 Å². The smallest absolute Gasteiger partial charge is 0.127 e. The van der Waals surface area contributed by atoms with E-state index in [-0.39, 0.29) is 5.75 Å². The molecule has 0 saturated carbocycles. The molecule has 2 aliphatic heterocycles. The predicted octanol–water partition coefficient (Wildman–Crippen LogP) is 2.54. The average Bonchev–Trinajstić information content (AvgIpc) is 2.90. The third kappa shape index (κ3) is 3.33. The minimum absolute atomic E-state index is 0.285. The maximum Gasteiger partial charge on any atom is 0.127 e. The molecule has 0 bridgehead atoms. The van der Waals surface area contributed by atoms with Gasteiger partial charge in [0.1, 0.15) is 18.1 Å². The summed E-state index contributed by atoms with van der Waals surface area (Å²) in [6.45, 7) is 7.48. The van der Waals surface area contributed by atoms with E-state index in [4.69, 9.17) is 4.74 Å². The summed E-state index contributed by atoms with van der Waals surface area (Å²) < 4.78 is 5.79. The molecule has 1 saturated heterocycles. The molecular weight excluding hydrogens is 264 g/mol. The van der Waals surface area contributed by atoms with Gasteiger partial charge >= 0.3 is 0 Å². The lowest BCUT2D eigenvalue weighted by Gasteiger charge is -2.33. The summed E-state index contributed by atoms with van der Waals surface area (Å²) in [6.07, 6.45) is 3.77. The van der Waals surface area contributed by atoms with Crippen LogP contribution in [0, 0.1) is 5.92 Å². The second kappa shape index (κ2) is 6.67. The minimum atomic E-state index is 0.285. The van der Waals surface area contributed by atoms with Crippen molar-refractivity contribution in [2.45, 2.75) is 32.2 Å². The van der Waals surface area contributed by atoms with Crippen molar-refractivity contribution in [3.63, 3.8) is 0 Å². The average molecular weight is 290 g/mol. The minimum Gasteiger partial charge on any atom is -0.508 e. The van der Waals surface area contributed by atoms with Gasteiger partial charge in [0.25, 0.3) is 0 Å². The third-order valence-corrected chi connectivity index (χ3v) is 4.60. The summed E-state index contributed by atoms with van der Waals surface area (Å²) in [5.74, 6) is 1.88. The van der Waals surface area contributed by atoms with Crippen molar-refractivity contribution in [1.82, 2.24) is 10.2 Å². The first-order chi connectivity index (χ1) is 10.3. The summed E-state index contributed by atoms with van der Waals surface area (Å²) >= 11 is 0. The fourth-order valence-electron chi connectivity index (χ4n) is 3.56. The van der Waals surface area contributed by atoms with Crippen molar-refractivity contribution in [2.75, 3.05) is 32.8 Å². The van der Waals surface area contributed by atoms with Gasteiger partial charge in [0.05, 0.1) is 6.04 Å². The second-order valence-electron chi connectivity index (χ2n) is 6.26. The first kappa shape index (κ1) is 14.7. The van der Waals surface area contributed by atoms with Gasteiger partial charge in [0.2, 0.25) is 0 Å². The topological polar surface area (TPSA) is 44.7 Å². The molecule has 1 fully saturated rings. The Bertz CT molecular complexity index is 472. The number of nitrogens with zero attached hydrogens (tertiary/aromatic N) is 1. The van der Waals surface area contributed by atoms with Crippen LogP contribution in [0.5, 0.6) is 11.5 Å². The molecule has 1 aromatic carbocycles. The lowest BCUT2D eigenvalue weighted by molar-refractivity contribution is 0.131. The Balaban J connectivity index is 1.72. The van der Waals surface area contributed by atoms with E-state index in [0.29, 0.717) is 12.6 Å². The van der Waals surface area contributed by atoms with Gasteiger partial charge in [-0.05, 0) is 56.9 Å². The number of piperidine rings is 1. The standard InChI is InChI=1S/C17H26N2O2/c1-2-8-19(11-13-4-3-7-18-10-13)16-12-21-17-9-14(20)5-6-15(16)17/h5-6,9,13,16,18,20H,2-4,7-8,10-12H2,1H3. The Labute approximate surface area is 127 Å². The number of phenols is 1. The fraction of sp³-hybridized carbons (Fsp3) is 0.647. The van der Waals surface area contributed by atoms with Gasteiger partial charge in [0.15, 0.2) is 0 Å². The van der Waals surface area contributed by atoms with Gasteiger partial charge in [-0.1, -0.05) is 6.92 Å². The summed E-state index contributed by atoms with van der Waals surface area (Å²) in [6, 6.07) is 5.86. The van der Waals surface area contributed by atoms with E-state index in [1.807, 2.05) is 6.07 Å². The zero-order valence-electron chi connectivity index (χ0n) is 12.8. The Morgan fingerprint density at radius 3 is 3.10 bits per heavy atom. The van der Waals surface area contributed by atoms with Crippen LogP contribution in [0.3, 0.4) is 0 Å². The first-order valence-corrected chi connectivity index (χ1v) is 8.18. The highest BCUT2D eigenvalue weighted by atomic mass is 16.5. The highest BCUT2D eigenvalue weighted by molar-refractivity contribution is 5.44. The number of ether oxygens (including phenoxy) is 1. The first-order valence-electron chi connectivity index (χ1n) is 8.18. The highest BCUT2D eigenvalue weighted by Gasteiger charge is 2.31. The van der Waals surface area contributed by atoms with Gasteiger partial charge in [-0.25, -0.2) is 0 Å². The van der Waals surface area contributed by atoms with Crippen molar-refractivity contribution in [3.8, 4) is 11.5 Å². The quantitative estimate of drug-likeness (QED) is 0.875. The Morgan fingerprint density at radius 2 is 2.33 bits per heavy atom. The van der Waals surface area contributed by atoms with E-state index in [0.717, 1.165) is 37.7 Å². The number of benzene rings is 1. The zero-order valence-corrected chi connectivity index (χ0v) is 12.8. The Morgan fingerprint density at radius 1 is 1.43 bits per heavy atom. The van der Waals surface area contributed by atoms with E-state index in [1.54, 1.807) is 12.1 Å². The lowest BCUT2D eigenvalue weighted by atomic mass is 9.97. The van der Waals surface area contributed by atoms with Crippen molar-refractivity contribution >= 4 is 0 Å². The molecule has 1 aromatic rings. The number of nitrogens with one attached hydrogen (secondary N) is 1. The van der Waals surface area contributed by atoms with Gasteiger partial charge in [-0.15, -0.1) is 0 Å². The van der Waals surface area contributed by atoms with Crippen LogP contribution in [0.25, 0.3) is 0 Å². The summed E-state index contributed by atoms with van der Waals surface area (Å²) in [4.78, 5) is 2.57. The molecule has 21 heavy (non-hydrogen) atoms. The number of hydrogen-bond acceptors (Lipinski definition) is 4. The molecule has 2 unspecified atom stereocenters. The van der Waals surface area contributed by atoms with Crippen LogP contribution in [-0.4, -0.2) is 42.8 Å². The van der Waals surface area contributed by atoms with Crippen LogP contribution in [0.1, 0.15) is 37.8 Å². The Hall–Kier alpha value is -1.26. The summed E-state index contributed by atoms with van der Waals surface area (Å²) in [7, 11) is 0. The molecule has 0 spiro atoms. The maximum atomic E-state index is 9.58. The zero-order chi connectivity index (χ0) is 14.7. The summed E-state index contributed by atoms with van der Waals surface area (Å²) in [5.41, 5.74) is 1.23. The lowest BCUT2D eigenvalue weighted by Crippen LogP contribution is -2.40. The molecule has 4 nitrogen and oxygen atoms in total. The SMILES string of the molecule is CCCN(CC1CCCNC1)C1COc2cc(O)ccc21. The number of aromatic hydroxyl groups is 1. The molecular formula is C17H26N2O2. The molecule has 2 atom stereocenters. The van der Waals surface area contributed by atoms with Crippen LogP contribution in [-0.2, 0) is 0 Å². The monoisotopic (exact) mass is 290 g/mol. The molecule has 2 heterocycles. The Kier molecular flexibility index (Phi) is 4.66. The van der Waals surface area contributed by atoms with Crippen molar-refractivity contribution in [1.29, 1.82) is 0 Å².